The molecule has 3 rings (SSSR count). The SMILES string of the molecule is CC(c1cccc(O)c1)N1CCC2C(CCCN2C)C1. The van der Waals surface area contributed by atoms with Gasteiger partial charge < -0.3 is 10.0 Å². The highest BCUT2D eigenvalue weighted by atomic mass is 16.3. The highest BCUT2D eigenvalue weighted by Crippen LogP contribution is 2.33. The molecular weight excluding hydrogens is 248 g/mol. The summed E-state index contributed by atoms with van der Waals surface area (Å²) in [6.45, 7) is 5.90. The number of rotatable bonds is 2. The minimum atomic E-state index is 0.377. The van der Waals surface area contributed by atoms with Gasteiger partial charge in [0.25, 0.3) is 0 Å². The molecule has 0 bridgehead atoms. The van der Waals surface area contributed by atoms with Gasteiger partial charge in [0.15, 0.2) is 0 Å². The molecule has 0 aliphatic carbocycles. The zero-order valence-electron chi connectivity index (χ0n) is 12.6. The number of benzene rings is 1. The van der Waals surface area contributed by atoms with E-state index in [0.717, 1.165) is 12.0 Å². The summed E-state index contributed by atoms with van der Waals surface area (Å²) in [5, 5.41) is 9.66. The van der Waals surface area contributed by atoms with Crippen molar-refractivity contribution in [3.63, 3.8) is 0 Å². The third-order valence-electron chi connectivity index (χ3n) is 5.28. The van der Waals surface area contributed by atoms with E-state index in [9.17, 15) is 5.11 Å². The van der Waals surface area contributed by atoms with Crippen molar-refractivity contribution in [2.24, 2.45) is 5.92 Å². The molecule has 1 aromatic rings. The summed E-state index contributed by atoms with van der Waals surface area (Å²) in [4.78, 5) is 5.15. The van der Waals surface area contributed by atoms with Crippen LogP contribution in [0.5, 0.6) is 5.75 Å². The van der Waals surface area contributed by atoms with E-state index >= 15 is 0 Å². The first kappa shape index (κ1) is 13.9. The molecule has 110 valence electrons. The standard InChI is InChI=1S/C17H26N2O/c1-13(14-5-3-7-16(20)11-14)19-10-8-17-15(12-19)6-4-9-18(17)2/h3,5,7,11,13,15,17,20H,4,6,8-10,12H2,1-2H3. The summed E-state index contributed by atoms with van der Waals surface area (Å²) in [6.07, 6.45) is 3.99. The van der Waals surface area contributed by atoms with E-state index in [0.29, 0.717) is 11.8 Å². The number of nitrogens with zero attached hydrogens (tertiary/aromatic N) is 2. The second-order valence-corrected chi connectivity index (χ2v) is 6.50. The summed E-state index contributed by atoms with van der Waals surface area (Å²) < 4.78 is 0. The molecular formula is C17H26N2O. The first-order chi connectivity index (χ1) is 9.65. The molecule has 2 heterocycles. The lowest BCUT2D eigenvalue weighted by Gasteiger charge is -2.47. The van der Waals surface area contributed by atoms with Crippen LogP contribution in [0.25, 0.3) is 0 Å². The summed E-state index contributed by atoms with van der Waals surface area (Å²) in [5.41, 5.74) is 1.23. The lowest BCUT2D eigenvalue weighted by atomic mass is 9.83. The third-order valence-corrected chi connectivity index (χ3v) is 5.28. The Morgan fingerprint density at radius 3 is 2.90 bits per heavy atom. The van der Waals surface area contributed by atoms with Gasteiger partial charge in [-0.2, -0.15) is 0 Å². The number of aromatic hydroxyl groups is 1. The van der Waals surface area contributed by atoms with Gasteiger partial charge >= 0.3 is 0 Å². The van der Waals surface area contributed by atoms with Crippen LogP contribution in [0.15, 0.2) is 24.3 Å². The minimum absolute atomic E-state index is 0.377. The van der Waals surface area contributed by atoms with Crippen molar-refractivity contribution in [1.29, 1.82) is 0 Å². The summed E-state index contributed by atoms with van der Waals surface area (Å²) in [6, 6.07) is 8.92. The highest BCUT2D eigenvalue weighted by Gasteiger charge is 2.35. The fourth-order valence-electron chi connectivity index (χ4n) is 4.03. The number of piperidine rings is 2. The van der Waals surface area contributed by atoms with Crippen LogP contribution >= 0.6 is 0 Å². The Balaban J connectivity index is 1.69. The van der Waals surface area contributed by atoms with Gasteiger partial charge in [0.05, 0.1) is 0 Å². The molecule has 0 saturated carbocycles. The van der Waals surface area contributed by atoms with Crippen LogP contribution in [0.1, 0.15) is 37.8 Å². The van der Waals surface area contributed by atoms with Crippen molar-refractivity contribution in [2.45, 2.75) is 38.3 Å². The van der Waals surface area contributed by atoms with E-state index in [1.807, 2.05) is 12.1 Å². The van der Waals surface area contributed by atoms with Gasteiger partial charge in [-0.15, -0.1) is 0 Å². The predicted octanol–water partition coefficient (Wildman–Crippen LogP) is 2.87. The van der Waals surface area contributed by atoms with E-state index < -0.39 is 0 Å². The van der Waals surface area contributed by atoms with Gasteiger partial charge in [0.1, 0.15) is 5.75 Å². The Labute approximate surface area is 122 Å². The van der Waals surface area contributed by atoms with Crippen LogP contribution in [0.2, 0.25) is 0 Å². The van der Waals surface area contributed by atoms with Gasteiger partial charge in [0, 0.05) is 25.2 Å². The lowest BCUT2D eigenvalue weighted by molar-refractivity contribution is 0.0229. The Morgan fingerprint density at radius 2 is 2.10 bits per heavy atom. The van der Waals surface area contributed by atoms with Crippen LogP contribution in [-0.2, 0) is 0 Å². The number of hydrogen-bond acceptors (Lipinski definition) is 3. The first-order valence-electron chi connectivity index (χ1n) is 7.88. The Kier molecular flexibility index (Phi) is 3.99. The van der Waals surface area contributed by atoms with E-state index in [4.69, 9.17) is 0 Å². The van der Waals surface area contributed by atoms with Crippen LogP contribution in [0.3, 0.4) is 0 Å². The molecule has 3 heteroatoms. The molecule has 2 aliphatic rings. The number of likely N-dealkylation sites (tertiary alicyclic amines) is 2. The van der Waals surface area contributed by atoms with E-state index in [2.05, 4.69) is 29.8 Å². The topological polar surface area (TPSA) is 26.7 Å². The largest absolute Gasteiger partial charge is 0.508 e. The van der Waals surface area contributed by atoms with Gasteiger partial charge in [-0.3, -0.25) is 4.90 Å². The second kappa shape index (κ2) is 5.74. The van der Waals surface area contributed by atoms with Crippen LogP contribution in [0, 0.1) is 5.92 Å². The number of fused-ring (bicyclic) bond motifs is 1. The average Bonchev–Trinajstić information content (AvgIpc) is 2.46. The van der Waals surface area contributed by atoms with Gasteiger partial charge in [-0.25, -0.2) is 0 Å². The molecule has 20 heavy (non-hydrogen) atoms. The normalized spacial score (nSPS) is 29.9. The van der Waals surface area contributed by atoms with Crippen molar-refractivity contribution in [2.75, 3.05) is 26.7 Å². The number of phenols is 1. The van der Waals surface area contributed by atoms with Crippen LogP contribution in [-0.4, -0.2) is 47.6 Å². The lowest BCUT2D eigenvalue weighted by Crippen LogP contribution is -2.53. The van der Waals surface area contributed by atoms with E-state index in [1.54, 1.807) is 6.07 Å². The number of hydrogen-bond donors (Lipinski definition) is 1. The minimum Gasteiger partial charge on any atom is -0.508 e. The van der Waals surface area contributed by atoms with Crippen molar-refractivity contribution in [3.05, 3.63) is 29.8 Å². The van der Waals surface area contributed by atoms with Crippen molar-refractivity contribution >= 4 is 0 Å². The zero-order chi connectivity index (χ0) is 14.1. The molecule has 3 nitrogen and oxygen atoms in total. The molecule has 2 saturated heterocycles. The average molecular weight is 274 g/mol. The molecule has 0 aromatic heterocycles. The molecule has 1 aromatic carbocycles. The maximum atomic E-state index is 9.66. The maximum absolute atomic E-state index is 9.66. The maximum Gasteiger partial charge on any atom is 0.115 e. The molecule has 3 atom stereocenters. The highest BCUT2D eigenvalue weighted by molar-refractivity contribution is 5.29. The molecule has 0 amide bonds. The van der Waals surface area contributed by atoms with Crippen molar-refractivity contribution in [3.8, 4) is 5.75 Å². The quantitative estimate of drug-likeness (QED) is 0.898. The van der Waals surface area contributed by atoms with Gasteiger partial charge in [-0.1, -0.05) is 12.1 Å². The predicted molar refractivity (Wildman–Crippen MR) is 81.9 cm³/mol. The Bertz CT molecular complexity index is 462. The summed E-state index contributed by atoms with van der Waals surface area (Å²) in [5.74, 6) is 1.20. The zero-order valence-corrected chi connectivity index (χ0v) is 12.6. The Morgan fingerprint density at radius 1 is 1.25 bits per heavy atom. The van der Waals surface area contributed by atoms with Gasteiger partial charge in [-0.05, 0) is 63.4 Å². The van der Waals surface area contributed by atoms with Gasteiger partial charge in [0.2, 0.25) is 0 Å². The van der Waals surface area contributed by atoms with E-state index in [1.165, 1.54) is 44.5 Å². The number of phenolic OH excluding ortho intramolecular Hbond substituents is 1. The molecule has 2 fully saturated rings. The molecule has 3 unspecified atom stereocenters. The summed E-state index contributed by atoms with van der Waals surface area (Å²) in [7, 11) is 2.28. The molecule has 1 N–H and O–H groups in total. The third kappa shape index (κ3) is 2.70. The monoisotopic (exact) mass is 274 g/mol. The summed E-state index contributed by atoms with van der Waals surface area (Å²) >= 11 is 0. The molecule has 0 radical (unpaired) electrons. The fourth-order valence-corrected chi connectivity index (χ4v) is 4.03. The van der Waals surface area contributed by atoms with Crippen LogP contribution in [0.4, 0.5) is 0 Å². The Hall–Kier alpha value is -1.06. The van der Waals surface area contributed by atoms with E-state index in [-0.39, 0.29) is 0 Å². The van der Waals surface area contributed by atoms with Crippen molar-refractivity contribution in [1.82, 2.24) is 9.80 Å². The first-order valence-corrected chi connectivity index (χ1v) is 7.88. The van der Waals surface area contributed by atoms with Crippen molar-refractivity contribution < 1.29 is 5.11 Å². The molecule has 2 aliphatic heterocycles. The molecule has 0 spiro atoms. The van der Waals surface area contributed by atoms with Crippen LogP contribution < -0.4 is 0 Å². The smallest absolute Gasteiger partial charge is 0.115 e. The second-order valence-electron chi connectivity index (χ2n) is 6.50. The fraction of sp³-hybridized carbons (Fsp3) is 0.647.